The zero-order valence-corrected chi connectivity index (χ0v) is 14.3. The molecule has 0 aliphatic carbocycles. The minimum atomic E-state index is -0.519. The highest BCUT2D eigenvalue weighted by atomic mass is 16.6. The van der Waals surface area contributed by atoms with Gasteiger partial charge in [0.15, 0.2) is 11.5 Å². The summed E-state index contributed by atoms with van der Waals surface area (Å²) in [7, 11) is 4.36. The van der Waals surface area contributed by atoms with Crippen molar-refractivity contribution in [2.75, 3.05) is 26.6 Å². The molecule has 8 nitrogen and oxygen atoms in total. The van der Waals surface area contributed by atoms with Gasteiger partial charge in [-0.05, 0) is 24.6 Å². The fourth-order valence-corrected chi connectivity index (χ4v) is 2.26. The van der Waals surface area contributed by atoms with Crippen LogP contribution < -0.4 is 19.5 Å². The lowest BCUT2D eigenvalue weighted by Gasteiger charge is -2.14. The normalized spacial score (nSPS) is 10.1. The van der Waals surface area contributed by atoms with Gasteiger partial charge in [0, 0.05) is 17.7 Å². The van der Waals surface area contributed by atoms with Gasteiger partial charge in [0.2, 0.25) is 5.75 Å². The molecule has 0 aliphatic heterocycles. The molecule has 0 spiro atoms. The molecule has 0 unspecified atom stereocenters. The Balaban J connectivity index is 2.39. The van der Waals surface area contributed by atoms with Crippen molar-refractivity contribution in [1.29, 1.82) is 0 Å². The number of anilines is 1. The molecule has 2 aromatic rings. The Kier molecular flexibility index (Phi) is 5.43. The van der Waals surface area contributed by atoms with Gasteiger partial charge in [-0.3, -0.25) is 14.9 Å². The van der Waals surface area contributed by atoms with E-state index in [1.807, 2.05) is 0 Å². The zero-order chi connectivity index (χ0) is 18.6. The predicted molar refractivity (Wildman–Crippen MR) is 91.9 cm³/mol. The highest BCUT2D eigenvalue weighted by molar-refractivity contribution is 6.05. The Bertz CT molecular complexity index is 794. The highest BCUT2D eigenvalue weighted by Crippen LogP contribution is 2.38. The van der Waals surface area contributed by atoms with Crippen molar-refractivity contribution in [2.45, 2.75) is 6.92 Å². The molecule has 0 aliphatic rings. The third-order valence-electron chi connectivity index (χ3n) is 3.61. The Hall–Kier alpha value is -3.29. The van der Waals surface area contributed by atoms with Crippen molar-refractivity contribution in [2.24, 2.45) is 0 Å². The van der Waals surface area contributed by atoms with Gasteiger partial charge < -0.3 is 19.5 Å². The summed E-state index contributed by atoms with van der Waals surface area (Å²) in [5, 5.41) is 13.6. The topological polar surface area (TPSA) is 99.9 Å². The van der Waals surface area contributed by atoms with Crippen LogP contribution in [-0.2, 0) is 0 Å². The van der Waals surface area contributed by atoms with E-state index in [4.69, 9.17) is 14.2 Å². The number of nitro groups is 1. The molecule has 8 heteroatoms. The van der Waals surface area contributed by atoms with Gasteiger partial charge in [0.05, 0.1) is 31.9 Å². The van der Waals surface area contributed by atoms with E-state index in [0.29, 0.717) is 28.5 Å². The first-order valence-electron chi connectivity index (χ1n) is 7.27. The number of amides is 1. The average Bonchev–Trinajstić information content (AvgIpc) is 2.61. The molecular weight excluding hydrogens is 328 g/mol. The van der Waals surface area contributed by atoms with Crippen molar-refractivity contribution in [3.05, 3.63) is 51.6 Å². The average molecular weight is 346 g/mol. The van der Waals surface area contributed by atoms with Crippen LogP contribution in [0.5, 0.6) is 17.2 Å². The Morgan fingerprint density at radius 2 is 1.64 bits per heavy atom. The maximum Gasteiger partial charge on any atom is 0.271 e. The number of methoxy groups -OCH3 is 3. The number of hydrogen-bond acceptors (Lipinski definition) is 6. The van der Waals surface area contributed by atoms with E-state index < -0.39 is 10.8 Å². The number of carbonyl (C=O) groups excluding carboxylic acids is 1. The van der Waals surface area contributed by atoms with Crippen LogP contribution >= 0.6 is 0 Å². The van der Waals surface area contributed by atoms with Crippen LogP contribution in [0.1, 0.15) is 15.9 Å². The molecule has 0 atom stereocenters. The summed E-state index contributed by atoms with van der Waals surface area (Å²) in [6.07, 6.45) is 0. The summed E-state index contributed by atoms with van der Waals surface area (Å²) in [5.74, 6) is 0.585. The smallest absolute Gasteiger partial charge is 0.271 e. The van der Waals surface area contributed by atoms with Crippen LogP contribution in [0, 0.1) is 17.0 Å². The number of nitro benzene ring substituents is 1. The van der Waals surface area contributed by atoms with Gasteiger partial charge in [-0.2, -0.15) is 0 Å². The van der Waals surface area contributed by atoms with Gasteiger partial charge in [0.25, 0.3) is 11.6 Å². The molecule has 0 heterocycles. The molecule has 0 bridgehead atoms. The third kappa shape index (κ3) is 3.79. The van der Waals surface area contributed by atoms with Crippen molar-refractivity contribution in [1.82, 2.24) is 0 Å². The van der Waals surface area contributed by atoms with Gasteiger partial charge in [-0.1, -0.05) is 6.07 Å². The van der Waals surface area contributed by atoms with Crippen LogP contribution in [0.15, 0.2) is 30.3 Å². The van der Waals surface area contributed by atoms with E-state index in [2.05, 4.69) is 5.32 Å². The number of nitrogens with zero attached hydrogens (tertiary/aromatic N) is 1. The molecule has 0 radical (unpaired) electrons. The molecule has 1 amide bonds. The minimum Gasteiger partial charge on any atom is -0.493 e. The fourth-order valence-electron chi connectivity index (χ4n) is 2.26. The summed E-state index contributed by atoms with van der Waals surface area (Å²) in [4.78, 5) is 22.9. The quantitative estimate of drug-likeness (QED) is 0.637. The third-order valence-corrected chi connectivity index (χ3v) is 3.61. The maximum atomic E-state index is 12.6. The Morgan fingerprint density at radius 1 is 1.04 bits per heavy atom. The van der Waals surface area contributed by atoms with E-state index in [0.717, 1.165) is 0 Å². The second-order valence-corrected chi connectivity index (χ2v) is 5.12. The Morgan fingerprint density at radius 3 is 2.12 bits per heavy atom. The molecule has 2 aromatic carbocycles. The number of hydrogen-bond donors (Lipinski definition) is 1. The van der Waals surface area contributed by atoms with E-state index in [1.165, 1.54) is 45.6 Å². The second kappa shape index (κ2) is 7.52. The van der Waals surface area contributed by atoms with Gasteiger partial charge in [-0.25, -0.2) is 0 Å². The van der Waals surface area contributed by atoms with Crippen molar-refractivity contribution >= 4 is 17.3 Å². The molecule has 132 valence electrons. The SMILES string of the molecule is COc1cc(C(=O)Nc2cc([N+](=O)[O-])ccc2C)cc(OC)c1OC. The number of non-ortho nitro benzene ring substituents is 1. The van der Waals surface area contributed by atoms with Crippen LogP contribution in [-0.4, -0.2) is 32.2 Å². The number of nitrogens with one attached hydrogen (secondary N) is 1. The molecule has 0 fully saturated rings. The number of ether oxygens (including phenoxy) is 3. The van der Waals surface area contributed by atoms with Gasteiger partial charge >= 0.3 is 0 Å². The van der Waals surface area contributed by atoms with Crippen molar-refractivity contribution in [3.8, 4) is 17.2 Å². The largest absolute Gasteiger partial charge is 0.493 e. The van der Waals surface area contributed by atoms with Gasteiger partial charge in [-0.15, -0.1) is 0 Å². The number of benzene rings is 2. The molecular formula is C17H18N2O6. The Labute approximate surface area is 144 Å². The van der Waals surface area contributed by atoms with E-state index in [1.54, 1.807) is 13.0 Å². The van der Waals surface area contributed by atoms with Crippen molar-refractivity contribution < 1.29 is 23.9 Å². The molecule has 0 aromatic heterocycles. The van der Waals surface area contributed by atoms with Crippen LogP contribution in [0.4, 0.5) is 11.4 Å². The number of carbonyl (C=O) groups is 1. The van der Waals surface area contributed by atoms with Crippen LogP contribution in [0.3, 0.4) is 0 Å². The van der Waals surface area contributed by atoms with Crippen LogP contribution in [0.2, 0.25) is 0 Å². The first kappa shape index (κ1) is 18.1. The maximum absolute atomic E-state index is 12.6. The summed E-state index contributed by atoms with van der Waals surface area (Å²) >= 11 is 0. The predicted octanol–water partition coefficient (Wildman–Crippen LogP) is 3.18. The second-order valence-electron chi connectivity index (χ2n) is 5.12. The summed E-state index contributed by atoms with van der Waals surface area (Å²) in [6, 6.07) is 7.27. The van der Waals surface area contributed by atoms with Gasteiger partial charge in [0.1, 0.15) is 0 Å². The van der Waals surface area contributed by atoms with E-state index in [-0.39, 0.29) is 11.3 Å². The van der Waals surface area contributed by atoms with E-state index >= 15 is 0 Å². The first-order chi connectivity index (χ1) is 11.9. The molecule has 0 saturated carbocycles. The molecule has 1 N–H and O–H groups in total. The summed E-state index contributed by atoms with van der Waals surface area (Å²) < 4.78 is 15.7. The minimum absolute atomic E-state index is 0.106. The first-order valence-corrected chi connectivity index (χ1v) is 7.27. The van der Waals surface area contributed by atoms with E-state index in [9.17, 15) is 14.9 Å². The molecule has 25 heavy (non-hydrogen) atoms. The summed E-state index contributed by atoms with van der Waals surface area (Å²) in [5.41, 5.74) is 1.21. The standard InChI is InChI=1S/C17H18N2O6/c1-10-5-6-12(19(21)22)9-13(10)18-17(20)11-7-14(23-2)16(25-4)15(8-11)24-3/h5-9H,1-4H3,(H,18,20). The van der Waals surface area contributed by atoms with Crippen LogP contribution in [0.25, 0.3) is 0 Å². The molecule has 2 rings (SSSR count). The lowest BCUT2D eigenvalue weighted by atomic mass is 10.1. The highest BCUT2D eigenvalue weighted by Gasteiger charge is 2.18. The number of aryl methyl sites for hydroxylation is 1. The lowest BCUT2D eigenvalue weighted by molar-refractivity contribution is -0.384. The fraction of sp³-hybridized carbons (Fsp3) is 0.235. The monoisotopic (exact) mass is 346 g/mol. The summed E-state index contributed by atoms with van der Waals surface area (Å²) in [6.45, 7) is 1.74. The molecule has 0 saturated heterocycles. The van der Waals surface area contributed by atoms with Crippen molar-refractivity contribution in [3.63, 3.8) is 0 Å². The zero-order valence-electron chi connectivity index (χ0n) is 14.3. The number of rotatable bonds is 6. The lowest BCUT2D eigenvalue weighted by Crippen LogP contribution is -2.13.